The largest absolute Gasteiger partial charge is 0.416 e. The summed E-state index contributed by atoms with van der Waals surface area (Å²) in [6.45, 7) is 0.320. The van der Waals surface area contributed by atoms with Crippen LogP contribution in [0.15, 0.2) is 18.7 Å². The number of imidazole rings is 1. The molecule has 1 amide bonds. The summed E-state index contributed by atoms with van der Waals surface area (Å²) >= 11 is 0. The Morgan fingerprint density at radius 3 is 2.92 bits per heavy atom. The maximum Gasteiger partial charge on any atom is 0.416 e. The molecule has 0 radical (unpaired) electrons. The summed E-state index contributed by atoms with van der Waals surface area (Å²) in [4.78, 5) is 13.0. The van der Waals surface area contributed by atoms with Crippen molar-refractivity contribution >= 4 is 6.03 Å². The normalized spacial score (nSPS) is 9.31. The standard InChI is InChI=1S/C9H12N3O/c1-4-5-11(3)9(13)12-7-6-10(2)8-12/h1,6-8H,5H2,2-3H3/q+1. The number of carbonyl (C=O) groups is 1. The summed E-state index contributed by atoms with van der Waals surface area (Å²) in [5.41, 5.74) is 0. The molecule has 0 spiro atoms. The van der Waals surface area contributed by atoms with E-state index < -0.39 is 0 Å². The minimum atomic E-state index is -0.126. The Kier molecular flexibility index (Phi) is 2.70. The third-order valence-electron chi connectivity index (χ3n) is 1.64. The number of nitrogens with zero attached hydrogens (tertiary/aromatic N) is 3. The van der Waals surface area contributed by atoms with Crippen LogP contribution in [0.2, 0.25) is 0 Å². The average Bonchev–Trinajstić information content (AvgIpc) is 2.51. The van der Waals surface area contributed by atoms with Gasteiger partial charge >= 0.3 is 6.03 Å². The first kappa shape index (κ1) is 9.33. The van der Waals surface area contributed by atoms with Crippen LogP contribution in [0.5, 0.6) is 0 Å². The highest BCUT2D eigenvalue weighted by molar-refractivity contribution is 5.76. The quantitative estimate of drug-likeness (QED) is 0.434. The first-order chi connectivity index (χ1) is 6.15. The highest BCUT2D eigenvalue weighted by Gasteiger charge is 2.15. The highest BCUT2D eigenvalue weighted by atomic mass is 16.2. The van der Waals surface area contributed by atoms with Gasteiger partial charge in [0.2, 0.25) is 0 Å². The fourth-order valence-corrected chi connectivity index (χ4v) is 0.965. The van der Waals surface area contributed by atoms with Crippen LogP contribution in [0.1, 0.15) is 0 Å². The fourth-order valence-electron chi connectivity index (χ4n) is 0.965. The summed E-state index contributed by atoms with van der Waals surface area (Å²) < 4.78 is 3.28. The Balaban J connectivity index is 2.74. The zero-order chi connectivity index (χ0) is 9.84. The molecular weight excluding hydrogens is 166 g/mol. The van der Waals surface area contributed by atoms with Gasteiger partial charge in [0.05, 0.1) is 13.6 Å². The maximum absolute atomic E-state index is 11.5. The molecule has 0 saturated heterocycles. The molecule has 0 bridgehead atoms. The van der Waals surface area contributed by atoms with Gasteiger partial charge in [0.15, 0.2) is 0 Å². The topological polar surface area (TPSA) is 29.1 Å². The summed E-state index contributed by atoms with van der Waals surface area (Å²) in [6.07, 6.45) is 10.3. The van der Waals surface area contributed by atoms with Crippen LogP contribution in [-0.2, 0) is 7.05 Å². The Morgan fingerprint density at radius 2 is 2.46 bits per heavy atom. The van der Waals surface area contributed by atoms with Gasteiger partial charge in [0.1, 0.15) is 12.4 Å². The van der Waals surface area contributed by atoms with E-state index >= 15 is 0 Å². The molecule has 4 heteroatoms. The average molecular weight is 178 g/mol. The molecule has 0 fully saturated rings. The molecule has 1 aromatic rings. The van der Waals surface area contributed by atoms with Gasteiger partial charge in [-0.25, -0.2) is 9.36 Å². The number of rotatable bonds is 1. The third kappa shape index (κ3) is 2.09. The minimum Gasteiger partial charge on any atom is -0.296 e. The molecule has 4 nitrogen and oxygen atoms in total. The number of carbonyl (C=O) groups excluding carboxylic acids is 1. The molecule has 0 aliphatic rings. The van der Waals surface area contributed by atoms with Gasteiger partial charge in [-0.3, -0.25) is 4.90 Å². The molecule has 0 unspecified atom stereocenters. The van der Waals surface area contributed by atoms with Crippen molar-refractivity contribution in [3.63, 3.8) is 0 Å². The Bertz CT molecular complexity index is 348. The second-order valence-corrected chi connectivity index (χ2v) is 2.83. The molecule has 0 N–H and O–H groups in total. The summed E-state index contributed by atoms with van der Waals surface area (Å²) in [5.74, 6) is 2.41. The molecule has 1 heterocycles. The van der Waals surface area contributed by atoms with Crippen LogP contribution >= 0.6 is 0 Å². The van der Waals surface area contributed by atoms with Crippen molar-refractivity contribution in [2.75, 3.05) is 13.6 Å². The second-order valence-electron chi connectivity index (χ2n) is 2.83. The molecule has 0 aromatic carbocycles. The van der Waals surface area contributed by atoms with Crippen LogP contribution in [0.3, 0.4) is 0 Å². The molecule has 0 saturated carbocycles. The van der Waals surface area contributed by atoms with Gasteiger partial charge in [-0.15, -0.1) is 6.42 Å². The Morgan fingerprint density at radius 1 is 1.77 bits per heavy atom. The van der Waals surface area contributed by atoms with Gasteiger partial charge in [-0.2, -0.15) is 4.57 Å². The van der Waals surface area contributed by atoms with E-state index in [1.54, 1.807) is 30.3 Å². The van der Waals surface area contributed by atoms with Crippen LogP contribution in [-0.4, -0.2) is 29.1 Å². The van der Waals surface area contributed by atoms with E-state index in [0.717, 1.165) is 0 Å². The minimum absolute atomic E-state index is 0.126. The molecule has 68 valence electrons. The number of hydrogen-bond acceptors (Lipinski definition) is 1. The fraction of sp³-hybridized carbons (Fsp3) is 0.333. The zero-order valence-corrected chi connectivity index (χ0v) is 7.77. The molecule has 1 rings (SSSR count). The lowest BCUT2D eigenvalue weighted by Crippen LogP contribution is -2.32. The van der Waals surface area contributed by atoms with E-state index in [-0.39, 0.29) is 6.03 Å². The van der Waals surface area contributed by atoms with E-state index in [1.807, 2.05) is 7.05 Å². The van der Waals surface area contributed by atoms with E-state index in [4.69, 9.17) is 6.42 Å². The van der Waals surface area contributed by atoms with Gasteiger partial charge in [-0.05, 0) is 0 Å². The van der Waals surface area contributed by atoms with Gasteiger partial charge in [0, 0.05) is 7.05 Å². The van der Waals surface area contributed by atoms with Crippen molar-refractivity contribution in [2.45, 2.75) is 0 Å². The van der Waals surface area contributed by atoms with Crippen molar-refractivity contribution in [3.05, 3.63) is 18.7 Å². The first-order valence-electron chi connectivity index (χ1n) is 3.87. The number of terminal acetylenes is 1. The maximum atomic E-state index is 11.5. The summed E-state index contributed by atoms with van der Waals surface area (Å²) in [7, 11) is 3.52. The van der Waals surface area contributed by atoms with E-state index in [2.05, 4.69) is 5.92 Å². The van der Waals surface area contributed by atoms with Gasteiger partial charge < -0.3 is 0 Å². The lowest BCUT2D eigenvalue weighted by atomic mass is 10.6. The van der Waals surface area contributed by atoms with E-state index in [1.165, 1.54) is 9.47 Å². The lowest BCUT2D eigenvalue weighted by Gasteiger charge is -2.08. The Hall–Kier alpha value is -1.76. The SMILES string of the molecule is C#CCN(C)C(=O)n1cc[n+](C)c1. The number of hydrogen-bond donors (Lipinski definition) is 0. The number of aromatic nitrogens is 2. The third-order valence-corrected chi connectivity index (χ3v) is 1.64. The number of aryl methyl sites for hydroxylation is 1. The second kappa shape index (κ2) is 3.76. The summed E-state index contributed by atoms with van der Waals surface area (Å²) in [6, 6.07) is -0.126. The van der Waals surface area contributed by atoms with Crippen molar-refractivity contribution in [2.24, 2.45) is 7.05 Å². The molecule has 0 aliphatic heterocycles. The molecule has 13 heavy (non-hydrogen) atoms. The van der Waals surface area contributed by atoms with Gasteiger partial charge in [-0.1, -0.05) is 5.92 Å². The predicted molar refractivity (Wildman–Crippen MR) is 47.9 cm³/mol. The van der Waals surface area contributed by atoms with E-state index in [0.29, 0.717) is 6.54 Å². The zero-order valence-electron chi connectivity index (χ0n) is 7.77. The predicted octanol–water partition coefficient (Wildman–Crippen LogP) is -0.154. The monoisotopic (exact) mass is 178 g/mol. The lowest BCUT2D eigenvalue weighted by molar-refractivity contribution is -0.670. The van der Waals surface area contributed by atoms with Crippen molar-refractivity contribution in [3.8, 4) is 12.3 Å². The van der Waals surface area contributed by atoms with Gasteiger partial charge in [0.25, 0.3) is 6.33 Å². The molecule has 0 aliphatic carbocycles. The smallest absolute Gasteiger partial charge is 0.296 e. The summed E-state index contributed by atoms with van der Waals surface area (Å²) in [5, 5.41) is 0. The van der Waals surface area contributed by atoms with Crippen LogP contribution in [0.4, 0.5) is 4.79 Å². The van der Waals surface area contributed by atoms with E-state index in [9.17, 15) is 4.79 Å². The first-order valence-corrected chi connectivity index (χ1v) is 3.87. The molecule has 0 atom stereocenters. The van der Waals surface area contributed by atoms with Crippen LogP contribution in [0, 0.1) is 12.3 Å². The molecular formula is C9H12N3O+. The highest BCUT2D eigenvalue weighted by Crippen LogP contribution is 1.90. The van der Waals surface area contributed by atoms with Crippen LogP contribution in [0.25, 0.3) is 0 Å². The van der Waals surface area contributed by atoms with Crippen LogP contribution < -0.4 is 4.57 Å². The Labute approximate surface area is 77.4 Å². The van der Waals surface area contributed by atoms with Crippen molar-refractivity contribution in [1.82, 2.24) is 9.47 Å². The molecule has 1 aromatic heterocycles. The van der Waals surface area contributed by atoms with Crippen molar-refractivity contribution < 1.29 is 9.36 Å². The number of amides is 1. The van der Waals surface area contributed by atoms with Crippen molar-refractivity contribution in [1.29, 1.82) is 0 Å².